The number of rotatable bonds is 3. The van der Waals surface area contributed by atoms with Gasteiger partial charge in [0, 0.05) is 56.1 Å². The van der Waals surface area contributed by atoms with Crippen molar-refractivity contribution < 1.29 is 5.11 Å². The molecule has 2 aromatic heterocycles. The maximum atomic E-state index is 10.1. The maximum Gasteiger partial charge on any atom is 0.142 e. The number of pyridine rings is 1. The molecule has 1 aliphatic heterocycles. The van der Waals surface area contributed by atoms with Gasteiger partial charge in [0.2, 0.25) is 0 Å². The van der Waals surface area contributed by atoms with E-state index in [1.165, 1.54) is 5.69 Å². The summed E-state index contributed by atoms with van der Waals surface area (Å²) in [4.78, 5) is 6.99. The second-order valence-electron chi connectivity index (χ2n) is 7.61. The van der Waals surface area contributed by atoms with E-state index in [1.807, 2.05) is 25.2 Å². The molecule has 0 saturated carbocycles. The van der Waals surface area contributed by atoms with Crippen LogP contribution in [0, 0.1) is 0 Å². The molecule has 3 heterocycles. The van der Waals surface area contributed by atoms with Gasteiger partial charge in [0.15, 0.2) is 0 Å². The number of aromatic hydroxyl groups is 1. The van der Waals surface area contributed by atoms with Crippen molar-refractivity contribution in [2.24, 2.45) is 7.05 Å². The standard InChI is InChI=1S/C24H23ClN4O/c1-28-23(16-5-7-18(8-6-16)29-13-11-26-12-14-29)21(17-3-2-4-19(30)15-17)22-20(25)9-10-27-24(22)28/h2-10,15,26,30H,11-14H2,1H3. The third kappa shape index (κ3) is 3.20. The summed E-state index contributed by atoms with van der Waals surface area (Å²) in [5, 5.41) is 15.0. The van der Waals surface area contributed by atoms with Gasteiger partial charge in [-0.1, -0.05) is 35.9 Å². The van der Waals surface area contributed by atoms with Gasteiger partial charge in [0.25, 0.3) is 0 Å². The molecule has 0 amide bonds. The Kier molecular flexibility index (Phi) is 4.85. The third-order valence-electron chi connectivity index (χ3n) is 5.78. The Morgan fingerprint density at radius 2 is 1.77 bits per heavy atom. The second kappa shape index (κ2) is 7.67. The monoisotopic (exact) mass is 418 g/mol. The van der Waals surface area contributed by atoms with E-state index in [1.54, 1.807) is 18.3 Å². The zero-order valence-corrected chi connectivity index (χ0v) is 17.5. The lowest BCUT2D eigenvalue weighted by Gasteiger charge is -2.29. The van der Waals surface area contributed by atoms with Gasteiger partial charge in [-0.15, -0.1) is 0 Å². The fraction of sp³-hybridized carbons (Fsp3) is 0.208. The van der Waals surface area contributed by atoms with E-state index >= 15 is 0 Å². The number of phenolic OH excluding ortho intramolecular Hbond substituents is 1. The lowest BCUT2D eigenvalue weighted by atomic mass is 9.98. The number of aryl methyl sites for hydroxylation is 1. The highest BCUT2D eigenvalue weighted by atomic mass is 35.5. The van der Waals surface area contributed by atoms with E-state index in [4.69, 9.17) is 11.6 Å². The highest BCUT2D eigenvalue weighted by Gasteiger charge is 2.22. The Bertz CT molecular complexity index is 1210. The van der Waals surface area contributed by atoms with Crippen molar-refractivity contribution in [2.45, 2.75) is 0 Å². The topological polar surface area (TPSA) is 53.3 Å². The Morgan fingerprint density at radius 3 is 2.50 bits per heavy atom. The fourth-order valence-electron chi connectivity index (χ4n) is 4.34. The molecule has 4 aromatic rings. The van der Waals surface area contributed by atoms with E-state index in [0.717, 1.165) is 59.6 Å². The molecular formula is C24H23ClN4O. The molecule has 6 heteroatoms. The molecule has 152 valence electrons. The van der Waals surface area contributed by atoms with Gasteiger partial charge in [0.05, 0.1) is 10.7 Å². The normalized spacial score (nSPS) is 14.4. The highest BCUT2D eigenvalue weighted by Crippen LogP contribution is 2.43. The summed E-state index contributed by atoms with van der Waals surface area (Å²) in [7, 11) is 2.01. The number of hydrogen-bond acceptors (Lipinski definition) is 4. The first-order valence-corrected chi connectivity index (χ1v) is 10.5. The maximum absolute atomic E-state index is 10.1. The van der Waals surface area contributed by atoms with Crippen LogP contribution < -0.4 is 10.2 Å². The summed E-state index contributed by atoms with van der Waals surface area (Å²) in [6.07, 6.45) is 1.73. The summed E-state index contributed by atoms with van der Waals surface area (Å²) in [5.41, 5.74) is 6.07. The number of nitrogens with one attached hydrogen (secondary N) is 1. The van der Waals surface area contributed by atoms with E-state index < -0.39 is 0 Å². The molecule has 5 rings (SSSR count). The molecule has 30 heavy (non-hydrogen) atoms. The average molecular weight is 419 g/mol. The molecule has 0 atom stereocenters. The molecule has 0 bridgehead atoms. The smallest absolute Gasteiger partial charge is 0.142 e. The van der Waals surface area contributed by atoms with E-state index in [-0.39, 0.29) is 5.75 Å². The first-order valence-electron chi connectivity index (χ1n) is 10.1. The van der Waals surface area contributed by atoms with Crippen LogP contribution in [-0.2, 0) is 7.05 Å². The molecule has 2 aromatic carbocycles. The fourth-order valence-corrected chi connectivity index (χ4v) is 4.57. The van der Waals surface area contributed by atoms with Crippen LogP contribution in [-0.4, -0.2) is 40.8 Å². The Balaban J connectivity index is 1.70. The molecule has 2 N–H and O–H groups in total. The van der Waals surface area contributed by atoms with Gasteiger partial charge in [-0.2, -0.15) is 0 Å². The molecule has 0 unspecified atom stereocenters. The quantitative estimate of drug-likeness (QED) is 0.507. The minimum atomic E-state index is 0.226. The molecule has 5 nitrogen and oxygen atoms in total. The molecular weight excluding hydrogens is 396 g/mol. The first kappa shape index (κ1) is 19.0. The Morgan fingerprint density at radius 1 is 1.00 bits per heavy atom. The lowest BCUT2D eigenvalue weighted by molar-refractivity contribution is 0.475. The molecule has 0 spiro atoms. The van der Waals surface area contributed by atoms with E-state index in [9.17, 15) is 5.11 Å². The van der Waals surface area contributed by atoms with Crippen molar-refractivity contribution in [1.82, 2.24) is 14.9 Å². The number of aromatic nitrogens is 2. The van der Waals surface area contributed by atoms with Crippen LogP contribution in [0.4, 0.5) is 5.69 Å². The largest absolute Gasteiger partial charge is 0.508 e. The van der Waals surface area contributed by atoms with Crippen LogP contribution in [0.5, 0.6) is 5.75 Å². The van der Waals surface area contributed by atoms with Crippen LogP contribution in [0.2, 0.25) is 5.02 Å². The van der Waals surface area contributed by atoms with Crippen molar-refractivity contribution in [3.05, 3.63) is 65.8 Å². The van der Waals surface area contributed by atoms with Gasteiger partial charge >= 0.3 is 0 Å². The van der Waals surface area contributed by atoms with Crippen molar-refractivity contribution >= 4 is 28.3 Å². The number of nitrogens with zero attached hydrogens (tertiary/aromatic N) is 3. The predicted molar refractivity (Wildman–Crippen MR) is 123 cm³/mol. The van der Waals surface area contributed by atoms with Crippen LogP contribution >= 0.6 is 11.6 Å². The van der Waals surface area contributed by atoms with Crippen LogP contribution in [0.25, 0.3) is 33.4 Å². The molecule has 1 saturated heterocycles. The van der Waals surface area contributed by atoms with Gasteiger partial charge in [-0.3, -0.25) is 0 Å². The summed E-state index contributed by atoms with van der Waals surface area (Å²) in [5.74, 6) is 0.226. The predicted octanol–water partition coefficient (Wildman–Crippen LogP) is 4.68. The van der Waals surface area contributed by atoms with E-state index in [2.05, 4.69) is 44.0 Å². The molecule has 0 aliphatic carbocycles. The van der Waals surface area contributed by atoms with E-state index in [0.29, 0.717) is 5.02 Å². The lowest BCUT2D eigenvalue weighted by Crippen LogP contribution is -2.43. The number of halogens is 1. The second-order valence-corrected chi connectivity index (χ2v) is 8.02. The molecule has 0 radical (unpaired) electrons. The number of hydrogen-bond donors (Lipinski definition) is 2. The highest BCUT2D eigenvalue weighted by molar-refractivity contribution is 6.37. The third-order valence-corrected chi connectivity index (χ3v) is 6.09. The van der Waals surface area contributed by atoms with Crippen molar-refractivity contribution in [3.63, 3.8) is 0 Å². The summed E-state index contributed by atoms with van der Waals surface area (Å²) in [6, 6.07) is 17.8. The molecule has 1 aliphatic rings. The van der Waals surface area contributed by atoms with Crippen LogP contribution in [0.1, 0.15) is 0 Å². The van der Waals surface area contributed by atoms with Crippen LogP contribution in [0.3, 0.4) is 0 Å². The summed E-state index contributed by atoms with van der Waals surface area (Å²) >= 11 is 6.62. The van der Waals surface area contributed by atoms with Gasteiger partial charge in [-0.05, 0) is 41.5 Å². The minimum Gasteiger partial charge on any atom is -0.508 e. The van der Waals surface area contributed by atoms with Crippen molar-refractivity contribution in [3.8, 4) is 28.1 Å². The summed E-state index contributed by atoms with van der Waals surface area (Å²) in [6.45, 7) is 4.05. The number of anilines is 1. The van der Waals surface area contributed by atoms with Crippen LogP contribution in [0.15, 0.2) is 60.8 Å². The van der Waals surface area contributed by atoms with Crippen molar-refractivity contribution in [2.75, 3.05) is 31.1 Å². The van der Waals surface area contributed by atoms with Gasteiger partial charge in [-0.25, -0.2) is 4.98 Å². The number of fused-ring (bicyclic) bond motifs is 1. The zero-order valence-electron chi connectivity index (χ0n) is 16.8. The van der Waals surface area contributed by atoms with Crippen molar-refractivity contribution in [1.29, 1.82) is 0 Å². The number of benzene rings is 2. The summed E-state index contributed by atoms with van der Waals surface area (Å²) < 4.78 is 2.08. The molecule has 1 fully saturated rings. The minimum absolute atomic E-state index is 0.226. The van der Waals surface area contributed by atoms with Gasteiger partial charge < -0.3 is 19.9 Å². The Hall–Kier alpha value is -3.02. The Labute approximate surface area is 180 Å². The number of piperazine rings is 1. The average Bonchev–Trinajstić information content (AvgIpc) is 3.08. The number of phenols is 1. The SMILES string of the molecule is Cn1c(-c2ccc(N3CCNCC3)cc2)c(-c2cccc(O)c2)c2c(Cl)ccnc21. The van der Waals surface area contributed by atoms with Gasteiger partial charge in [0.1, 0.15) is 11.4 Å². The zero-order chi connectivity index (χ0) is 20.7. The first-order chi connectivity index (χ1) is 14.6.